The Hall–Kier alpha value is -4.50. The lowest BCUT2D eigenvalue weighted by atomic mass is 9.93. The van der Waals surface area contributed by atoms with Crippen molar-refractivity contribution in [2.24, 2.45) is 11.8 Å². The van der Waals surface area contributed by atoms with Gasteiger partial charge in [0.1, 0.15) is 23.5 Å². The zero-order chi connectivity index (χ0) is 31.8. The molecule has 2 aliphatic heterocycles. The number of halogens is 2. The van der Waals surface area contributed by atoms with E-state index in [1.807, 2.05) is 38.2 Å². The average molecular weight is 609 g/mol. The van der Waals surface area contributed by atoms with E-state index in [4.69, 9.17) is 0 Å². The Kier molecular flexibility index (Phi) is 10.9. The molecular formula is C32H38F2N6O4. The zero-order valence-corrected chi connectivity index (χ0v) is 24.8. The summed E-state index contributed by atoms with van der Waals surface area (Å²) in [5.74, 6) is -1.73. The van der Waals surface area contributed by atoms with Crippen molar-refractivity contribution in [1.82, 2.24) is 25.8 Å². The van der Waals surface area contributed by atoms with E-state index in [-0.39, 0.29) is 48.6 Å². The average Bonchev–Trinajstić information content (AvgIpc) is 3.74. The topological polar surface area (TPSA) is 139 Å². The number of amides is 3. The molecule has 0 saturated carbocycles. The molecule has 5 atom stereocenters. The molecule has 3 amide bonds. The molecule has 1 aromatic carbocycles. The number of aromatic amines is 1. The molecule has 1 unspecified atom stereocenters. The lowest BCUT2D eigenvalue weighted by Crippen LogP contribution is -2.55. The van der Waals surface area contributed by atoms with Crippen LogP contribution < -0.4 is 20.7 Å². The second kappa shape index (κ2) is 14.8. The van der Waals surface area contributed by atoms with Crippen LogP contribution >= 0.6 is 0 Å². The fourth-order valence-corrected chi connectivity index (χ4v) is 5.83. The molecule has 0 bridgehead atoms. The molecule has 4 N–H and O–H groups in total. The molecule has 10 nitrogen and oxygen atoms in total. The second-order valence-corrected chi connectivity index (χ2v) is 10.9. The minimum Gasteiger partial charge on any atom is -0.434 e. The maximum absolute atomic E-state index is 13.9. The van der Waals surface area contributed by atoms with E-state index in [0.29, 0.717) is 30.4 Å². The summed E-state index contributed by atoms with van der Waals surface area (Å²) in [5.41, 5.74) is 1.28. The number of carbonyl (C=O) groups is 3. The zero-order valence-electron chi connectivity index (χ0n) is 24.8. The van der Waals surface area contributed by atoms with Crippen LogP contribution in [0.3, 0.4) is 0 Å². The molecule has 2 aliphatic rings. The third-order valence-electron chi connectivity index (χ3n) is 8.07. The molecule has 234 valence electrons. The molecule has 12 heteroatoms. The first kappa shape index (κ1) is 32.4. The van der Waals surface area contributed by atoms with Gasteiger partial charge in [-0.1, -0.05) is 49.4 Å². The van der Waals surface area contributed by atoms with Crippen LogP contribution in [-0.4, -0.2) is 72.0 Å². The predicted molar refractivity (Wildman–Crippen MR) is 162 cm³/mol. The Labute approximate surface area is 255 Å². The van der Waals surface area contributed by atoms with Crippen LogP contribution in [0.5, 0.6) is 5.75 Å². The summed E-state index contributed by atoms with van der Waals surface area (Å²) in [5, 5.41) is 19.0. The number of H-pyrrole nitrogens is 1. The molecule has 3 heterocycles. The highest BCUT2D eigenvalue weighted by atomic mass is 19.3. The van der Waals surface area contributed by atoms with Crippen molar-refractivity contribution in [2.75, 3.05) is 19.6 Å². The number of hydrogen-bond acceptors (Lipinski definition) is 6. The van der Waals surface area contributed by atoms with Gasteiger partial charge < -0.3 is 30.6 Å². The summed E-state index contributed by atoms with van der Waals surface area (Å²) in [6.07, 6.45) is 8.54. The molecule has 0 spiro atoms. The Bertz CT molecular complexity index is 1480. The van der Waals surface area contributed by atoms with E-state index in [1.165, 1.54) is 23.1 Å². The van der Waals surface area contributed by atoms with Gasteiger partial charge in [-0.3, -0.25) is 14.4 Å². The van der Waals surface area contributed by atoms with Crippen LogP contribution in [0, 0.1) is 23.2 Å². The monoisotopic (exact) mass is 608 g/mol. The maximum Gasteiger partial charge on any atom is 0.387 e. The van der Waals surface area contributed by atoms with Crippen LogP contribution in [0.2, 0.25) is 0 Å². The summed E-state index contributed by atoms with van der Waals surface area (Å²) in [6.45, 7) is 6.06. The summed E-state index contributed by atoms with van der Waals surface area (Å²) in [4.78, 5) is 44.7. The lowest BCUT2D eigenvalue weighted by molar-refractivity contribution is -0.127. The molecule has 0 radical (unpaired) electrons. The smallest absolute Gasteiger partial charge is 0.387 e. The number of benzene rings is 1. The fourth-order valence-electron chi connectivity index (χ4n) is 5.83. The van der Waals surface area contributed by atoms with Gasteiger partial charge in [0.2, 0.25) is 11.8 Å². The third-order valence-corrected chi connectivity index (χ3v) is 8.07. The van der Waals surface area contributed by atoms with Crippen molar-refractivity contribution in [2.45, 2.75) is 57.8 Å². The van der Waals surface area contributed by atoms with Gasteiger partial charge in [-0.25, -0.2) is 0 Å². The first-order valence-electron chi connectivity index (χ1n) is 14.7. The highest BCUT2D eigenvalue weighted by Crippen LogP contribution is 2.33. The molecule has 2 saturated heterocycles. The molecule has 2 fully saturated rings. The van der Waals surface area contributed by atoms with E-state index in [1.54, 1.807) is 6.07 Å². The minimum absolute atomic E-state index is 0.0753. The molecule has 2 aromatic rings. The Morgan fingerprint density at radius 2 is 2.11 bits per heavy atom. The number of aromatic nitrogens is 1. The highest BCUT2D eigenvalue weighted by molar-refractivity contribution is 6.02. The number of carbonyl (C=O) groups excluding carboxylic acids is 3. The fraction of sp³-hybridized carbons (Fsp3) is 0.438. The Morgan fingerprint density at radius 1 is 1.32 bits per heavy atom. The number of ether oxygens (including phenoxy) is 1. The SMILES string of the molecule is C=C(/C=C\C=C/C)[C@@H]1C[C@@H](C(=O)N[C@@H](C[C@@H]2CCNC2=O)C(C#N)NCC)N(C(=O)c2cc3c(OC(F)F)cccc3[nH]2)C1. The molecule has 1 aromatic heterocycles. The molecule has 0 aliphatic carbocycles. The summed E-state index contributed by atoms with van der Waals surface area (Å²) >= 11 is 0. The number of hydrogen-bond donors (Lipinski definition) is 4. The van der Waals surface area contributed by atoms with Crippen LogP contribution in [-0.2, 0) is 9.59 Å². The van der Waals surface area contributed by atoms with Crippen molar-refractivity contribution in [1.29, 1.82) is 5.26 Å². The van der Waals surface area contributed by atoms with Gasteiger partial charge >= 0.3 is 6.61 Å². The predicted octanol–water partition coefficient (Wildman–Crippen LogP) is 3.80. The van der Waals surface area contributed by atoms with Gasteiger partial charge in [0, 0.05) is 35.8 Å². The van der Waals surface area contributed by atoms with Gasteiger partial charge in [0.05, 0.1) is 12.1 Å². The number of nitrogens with zero attached hydrogens (tertiary/aromatic N) is 2. The van der Waals surface area contributed by atoms with E-state index in [0.717, 1.165) is 5.57 Å². The molecule has 4 rings (SSSR count). The number of likely N-dealkylation sites (N-methyl/N-ethyl adjacent to an activating group) is 1. The summed E-state index contributed by atoms with van der Waals surface area (Å²) in [6, 6.07) is 5.86. The van der Waals surface area contributed by atoms with Crippen molar-refractivity contribution in [3.8, 4) is 11.8 Å². The van der Waals surface area contributed by atoms with Crippen molar-refractivity contribution in [3.63, 3.8) is 0 Å². The van der Waals surface area contributed by atoms with Crippen LogP contribution in [0.1, 0.15) is 43.6 Å². The number of fused-ring (bicyclic) bond motifs is 1. The highest BCUT2D eigenvalue weighted by Gasteiger charge is 2.42. The first-order valence-corrected chi connectivity index (χ1v) is 14.7. The van der Waals surface area contributed by atoms with Crippen LogP contribution in [0.15, 0.2) is 60.7 Å². The standard InChI is InChI=1S/C32H38F2N6O4/c1-4-6-7-9-19(3)21-15-27(30(42)39-24(26(17-35)36-5-2)14-20-12-13-37-29(20)41)40(18-21)31(43)25-16-22-23(38-25)10-8-11-28(22)44-32(33)34/h4,6-11,16,20-21,24,26-27,32,36,38H,3,5,12-15,18H2,1-2H3,(H,37,41)(H,39,42)/b6-4-,9-7-/t20-,21+,24-,26?,27-/m0/s1. The van der Waals surface area contributed by atoms with E-state index in [9.17, 15) is 28.4 Å². The number of nitrogens with one attached hydrogen (secondary N) is 4. The van der Waals surface area contributed by atoms with Gasteiger partial charge in [-0.15, -0.1) is 0 Å². The second-order valence-electron chi connectivity index (χ2n) is 10.9. The van der Waals surface area contributed by atoms with Crippen LogP contribution in [0.4, 0.5) is 8.78 Å². The number of nitriles is 1. The van der Waals surface area contributed by atoms with Crippen molar-refractivity contribution >= 4 is 28.6 Å². The quantitative estimate of drug-likeness (QED) is 0.255. The third kappa shape index (κ3) is 7.52. The molecule has 44 heavy (non-hydrogen) atoms. The Balaban J connectivity index is 1.63. The van der Waals surface area contributed by atoms with Gasteiger partial charge in [0.15, 0.2) is 0 Å². The van der Waals surface area contributed by atoms with Gasteiger partial charge in [-0.2, -0.15) is 14.0 Å². The first-order chi connectivity index (χ1) is 21.2. The van der Waals surface area contributed by atoms with Crippen molar-refractivity contribution in [3.05, 3.63) is 66.4 Å². The largest absolute Gasteiger partial charge is 0.434 e. The Morgan fingerprint density at radius 3 is 2.77 bits per heavy atom. The van der Waals surface area contributed by atoms with Crippen molar-refractivity contribution < 1.29 is 27.9 Å². The maximum atomic E-state index is 13.9. The number of alkyl halides is 2. The molecular weight excluding hydrogens is 570 g/mol. The normalized spacial score (nSPS) is 21.6. The number of likely N-dealkylation sites (tertiary alicyclic amines) is 1. The van der Waals surface area contributed by atoms with Gasteiger partial charge in [-0.05, 0) is 50.9 Å². The number of rotatable bonds is 13. The lowest BCUT2D eigenvalue weighted by Gasteiger charge is -2.29. The van der Waals surface area contributed by atoms with E-state index >= 15 is 0 Å². The summed E-state index contributed by atoms with van der Waals surface area (Å²) < 4.78 is 30.6. The van der Waals surface area contributed by atoms with Crippen LogP contribution in [0.25, 0.3) is 10.9 Å². The summed E-state index contributed by atoms with van der Waals surface area (Å²) in [7, 11) is 0. The minimum atomic E-state index is -3.04. The van der Waals surface area contributed by atoms with E-state index in [2.05, 4.69) is 38.3 Å². The van der Waals surface area contributed by atoms with E-state index < -0.39 is 36.6 Å². The van der Waals surface area contributed by atoms with Gasteiger partial charge in [0.25, 0.3) is 5.91 Å². The number of allylic oxidation sites excluding steroid dienone is 4.